The number of nitro groups is 1. The van der Waals surface area contributed by atoms with E-state index in [-0.39, 0.29) is 24.0 Å². The highest BCUT2D eigenvalue weighted by Gasteiger charge is 2.14. The fourth-order valence-electron chi connectivity index (χ4n) is 2.79. The molecule has 2 aromatic rings. The molecule has 1 aliphatic heterocycles. The molecule has 2 heterocycles. The van der Waals surface area contributed by atoms with Gasteiger partial charge in [-0.25, -0.2) is 4.98 Å². The summed E-state index contributed by atoms with van der Waals surface area (Å²) >= 11 is 1.30. The van der Waals surface area contributed by atoms with Crippen molar-refractivity contribution in [3.63, 3.8) is 0 Å². The fraction of sp³-hybridized carbons (Fsp3) is 0.412. The molecule has 2 N–H and O–H groups in total. The van der Waals surface area contributed by atoms with Crippen molar-refractivity contribution in [2.75, 3.05) is 39.3 Å². The van der Waals surface area contributed by atoms with Gasteiger partial charge in [0.2, 0.25) is 0 Å². The Morgan fingerprint density at radius 3 is 2.89 bits per heavy atom. The first-order valence-electron chi connectivity index (χ1n) is 8.55. The molecule has 3 rings (SSSR count). The lowest BCUT2D eigenvalue weighted by Gasteiger charge is -2.26. The van der Waals surface area contributed by atoms with E-state index in [9.17, 15) is 14.9 Å². The van der Waals surface area contributed by atoms with Gasteiger partial charge >= 0.3 is 0 Å². The smallest absolute Gasteiger partial charge is 0.270 e. The molecule has 8 nitrogen and oxygen atoms in total. The second-order valence-electron chi connectivity index (χ2n) is 6.05. The third-order valence-electron chi connectivity index (χ3n) is 4.19. The first-order valence-corrected chi connectivity index (χ1v) is 9.43. The van der Waals surface area contributed by atoms with Crippen LogP contribution >= 0.6 is 23.7 Å². The Bertz CT molecular complexity index is 779. The number of nitrogens with zero attached hydrogens (tertiary/aromatic N) is 3. The molecule has 0 bridgehead atoms. The standard InChI is InChI=1S/C17H21N5O3S.ClH/c23-16(19-5-2-8-21-9-6-18-7-10-21)15-12-26-17(20-15)13-3-1-4-14(11-13)22(24)25;/h1,3-4,11-12,18H,2,5-10H2,(H,19,23);1H. The number of carbonyl (C=O) groups excluding carboxylic acids is 1. The summed E-state index contributed by atoms with van der Waals surface area (Å²) in [5, 5.41) is 19.4. The quantitative estimate of drug-likeness (QED) is 0.411. The van der Waals surface area contributed by atoms with Gasteiger partial charge in [0, 0.05) is 55.8 Å². The number of carbonyl (C=O) groups is 1. The molecule has 0 saturated carbocycles. The number of hydrogen-bond acceptors (Lipinski definition) is 7. The number of halogens is 1. The van der Waals surface area contributed by atoms with Gasteiger partial charge in [-0.2, -0.15) is 0 Å². The fourth-order valence-corrected chi connectivity index (χ4v) is 3.59. The molecule has 0 unspecified atom stereocenters. The molecule has 1 amide bonds. The number of benzene rings is 1. The van der Waals surface area contributed by atoms with Gasteiger partial charge < -0.3 is 15.5 Å². The minimum atomic E-state index is -0.441. The van der Waals surface area contributed by atoms with E-state index in [1.807, 2.05) is 0 Å². The van der Waals surface area contributed by atoms with E-state index in [1.165, 1.54) is 23.5 Å². The van der Waals surface area contributed by atoms with Crippen LogP contribution in [0.1, 0.15) is 16.9 Å². The lowest BCUT2D eigenvalue weighted by atomic mass is 10.2. The number of nitro benzene ring substituents is 1. The number of aromatic nitrogens is 1. The molecule has 0 spiro atoms. The minimum absolute atomic E-state index is 0. The molecule has 10 heteroatoms. The Kier molecular flexibility index (Phi) is 8.11. The zero-order chi connectivity index (χ0) is 18.4. The van der Waals surface area contributed by atoms with E-state index >= 15 is 0 Å². The molecule has 146 valence electrons. The Morgan fingerprint density at radius 1 is 1.37 bits per heavy atom. The van der Waals surface area contributed by atoms with Crippen molar-refractivity contribution in [2.24, 2.45) is 0 Å². The average Bonchev–Trinajstić information content (AvgIpc) is 3.16. The Labute approximate surface area is 167 Å². The number of amides is 1. The van der Waals surface area contributed by atoms with Crippen LogP contribution in [0, 0.1) is 10.1 Å². The van der Waals surface area contributed by atoms with Crippen LogP contribution in [0.4, 0.5) is 5.69 Å². The summed E-state index contributed by atoms with van der Waals surface area (Å²) in [5.74, 6) is -0.210. The molecule has 0 atom stereocenters. The van der Waals surface area contributed by atoms with Crippen molar-refractivity contribution in [1.29, 1.82) is 0 Å². The number of rotatable bonds is 7. The van der Waals surface area contributed by atoms with Gasteiger partial charge in [-0.15, -0.1) is 23.7 Å². The van der Waals surface area contributed by atoms with Crippen LogP contribution in [0.3, 0.4) is 0 Å². The predicted molar refractivity (Wildman–Crippen MR) is 108 cm³/mol. The summed E-state index contributed by atoms with van der Waals surface area (Å²) in [6.07, 6.45) is 0.896. The number of non-ortho nitro benzene ring substituents is 1. The molecule has 27 heavy (non-hydrogen) atoms. The summed E-state index contributed by atoms with van der Waals surface area (Å²) in [6, 6.07) is 6.27. The average molecular weight is 412 g/mol. The molecule has 1 aliphatic rings. The van der Waals surface area contributed by atoms with E-state index in [1.54, 1.807) is 17.5 Å². The van der Waals surface area contributed by atoms with Gasteiger partial charge in [0.1, 0.15) is 10.7 Å². The van der Waals surface area contributed by atoms with E-state index in [2.05, 4.69) is 20.5 Å². The molecule has 0 radical (unpaired) electrons. The molecule has 1 saturated heterocycles. The number of hydrogen-bond donors (Lipinski definition) is 2. The SMILES string of the molecule is Cl.O=C(NCCCN1CCNCC1)c1csc(-c2cccc([N+](=O)[O-])c2)n1. The van der Waals surface area contributed by atoms with Crippen molar-refractivity contribution >= 4 is 35.3 Å². The summed E-state index contributed by atoms with van der Waals surface area (Å²) in [6.45, 7) is 5.71. The van der Waals surface area contributed by atoms with Crippen LogP contribution in [-0.4, -0.2) is 60.0 Å². The van der Waals surface area contributed by atoms with Crippen molar-refractivity contribution in [3.05, 3.63) is 45.5 Å². The minimum Gasteiger partial charge on any atom is -0.351 e. The Balaban J connectivity index is 0.00000261. The van der Waals surface area contributed by atoms with Crippen LogP contribution in [0.2, 0.25) is 0 Å². The van der Waals surface area contributed by atoms with Crippen LogP contribution in [-0.2, 0) is 0 Å². The maximum Gasteiger partial charge on any atom is 0.270 e. The molecule has 1 aromatic carbocycles. The zero-order valence-electron chi connectivity index (χ0n) is 14.7. The monoisotopic (exact) mass is 411 g/mol. The first kappa shape index (κ1) is 21.2. The number of thiazole rings is 1. The predicted octanol–water partition coefficient (Wildman–Crippen LogP) is 2.17. The maximum atomic E-state index is 12.2. The van der Waals surface area contributed by atoms with Crippen molar-refractivity contribution in [3.8, 4) is 10.6 Å². The Morgan fingerprint density at radius 2 is 2.15 bits per heavy atom. The third-order valence-corrected chi connectivity index (χ3v) is 5.08. The van der Waals surface area contributed by atoms with Crippen molar-refractivity contribution in [2.45, 2.75) is 6.42 Å². The summed E-state index contributed by atoms with van der Waals surface area (Å²) in [7, 11) is 0. The van der Waals surface area contributed by atoms with Gasteiger partial charge in [-0.1, -0.05) is 12.1 Å². The summed E-state index contributed by atoms with van der Waals surface area (Å²) < 4.78 is 0. The van der Waals surface area contributed by atoms with Crippen LogP contribution in [0.25, 0.3) is 10.6 Å². The first-order chi connectivity index (χ1) is 12.6. The highest BCUT2D eigenvalue weighted by Crippen LogP contribution is 2.26. The topological polar surface area (TPSA) is 100 Å². The second kappa shape index (κ2) is 10.3. The van der Waals surface area contributed by atoms with Crippen LogP contribution < -0.4 is 10.6 Å². The summed E-state index contributed by atoms with van der Waals surface area (Å²) in [4.78, 5) is 29.3. The largest absolute Gasteiger partial charge is 0.351 e. The lowest BCUT2D eigenvalue weighted by molar-refractivity contribution is -0.384. The highest BCUT2D eigenvalue weighted by molar-refractivity contribution is 7.13. The van der Waals surface area contributed by atoms with E-state index in [0.29, 0.717) is 22.8 Å². The van der Waals surface area contributed by atoms with Gasteiger partial charge in [0.15, 0.2) is 0 Å². The zero-order valence-corrected chi connectivity index (χ0v) is 16.4. The molecule has 1 fully saturated rings. The third kappa shape index (κ3) is 5.96. The van der Waals surface area contributed by atoms with Crippen LogP contribution in [0.15, 0.2) is 29.6 Å². The number of nitrogens with one attached hydrogen (secondary N) is 2. The maximum absolute atomic E-state index is 12.2. The highest BCUT2D eigenvalue weighted by atomic mass is 35.5. The number of piperazine rings is 1. The molecule has 0 aliphatic carbocycles. The normalized spacial score (nSPS) is 14.4. The van der Waals surface area contributed by atoms with E-state index in [0.717, 1.165) is 39.1 Å². The van der Waals surface area contributed by atoms with Crippen molar-refractivity contribution < 1.29 is 9.72 Å². The van der Waals surface area contributed by atoms with Gasteiger partial charge in [-0.3, -0.25) is 14.9 Å². The van der Waals surface area contributed by atoms with E-state index < -0.39 is 4.92 Å². The van der Waals surface area contributed by atoms with Gasteiger partial charge in [-0.05, 0) is 13.0 Å². The van der Waals surface area contributed by atoms with Crippen molar-refractivity contribution in [1.82, 2.24) is 20.5 Å². The molecule has 1 aromatic heterocycles. The Hall–Kier alpha value is -2.07. The van der Waals surface area contributed by atoms with Gasteiger partial charge in [0.05, 0.1) is 4.92 Å². The molecular weight excluding hydrogens is 390 g/mol. The summed E-state index contributed by atoms with van der Waals surface area (Å²) in [5.41, 5.74) is 0.997. The van der Waals surface area contributed by atoms with Crippen LogP contribution in [0.5, 0.6) is 0 Å². The second-order valence-corrected chi connectivity index (χ2v) is 6.90. The molecular formula is C17H22ClN5O3S. The lowest BCUT2D eigenvalue weighted by Crippen LogP contribution is -2.44. The van der Waals surface area contributed by atoms with E-state index in [4.69, 9.17) is 0 Å². The van der Waals surface area contributed by atoms with Gasteiger partial charge in [0.25, 0.3) is 11.6 Å².